The second-order valence-corrected chi connectivity index (χ2v) is 3.91. The Bertz CT molecular complexity index is 592. The van der Waals surface area contributed by atoms with E-state index >= 15 is 0 Å². The molecule has 2 heterocycles. The number of primary amides is 1. The summed E-state index contributed by atoms with van der Waals surface area (Å²) >= 11 is 5.95. The van der Waals surface area contributed by atoms with Crippen molar-refractivity contribution in [2.24, 2.45) is 5.73 Å². The average molecular weight is 252 g/mol. The van der Waals surface area contributed by atoms with Gasteiger partial charge in [-0.2, -0.15) is 5.10 Å². The SMILES string of the molecule is Cc1nc(Cl)c(C)c(-n2cc(C(N)=O)cn2)n1. The van der Waals surface area contributed by atoms with Crippen LogP contribution in [0.1, 0.15) is 21.7 Å². The minimum Gasteiger partial charge on any atom is -0.366 e. The first-order valence-corrected chi connectivity index (χ1v) is 5.22. The molecular formula is C10H10ClN5O. The van der Waals surface area contributed by atoms with E-state index in [9.17, 15) is 4.79 Å². The predicted molar refractivity (Wildman–Crippen MR) is 62.2 cm³/mol. The van der Waals surface area contributed by atoms with Crippen LogP contribution in [0.3, 0.4) is 0 Å². The third kappa shape index (κ3) is 2.12. The Morgan fingerprint density at radius 2 is 2.12 bits per heavy atom. The topological polar surface area (TPSA) is 86.7 Å². The standard InChI is InChI=1S/C10H10ClN5O/c1-5-8(11)14-6(2)15-10(5)16-4-7(3-13-16)9(12)17/h3-4H,1-2H3,(H2,12,17). The number of carbonyl (C=O) groups excluding carboxylic acids is 1. The highest BCUT2D eigenvalue weighted by Crippen LogP contribution is 2.18. The fourth-order valence-corrected chi connectivity index (χ4v) is 1.58. The van der Waals surface area contributed by atoms with Gasteiger partial charge in [-0.3, -0.25) is 4.79 Å². The van der Waals surface area contributed by atoms with Gasteiger partial charge in [-0.15, -0.1) is 0 Å². The Labute approximate surface area is 102 Å². The number of carbonyl (C=O) groups is 1. The Balaban J connectivity index is 2.56. The number of nitrogens with two attached hydrogens (primary N) is 1. The van der Waals surface area contributed by atoms with Gasteiger partial charge in [0.2, 0.25) is 0 Å². The molecule has 0 aliphatic rings. The van der Waals surface area contributed by atoms with Gasteiger partial charge in [-0.1, -0.05) is 11.6 Å². The van der Waals surface area contributed by atoms with Crippen molar-refractivity contribution in [1.29, 1.82) is 0 Å². The molecule has 0 atom stereocenters. The summed E-state index contributed by atoms with van der Waals surface area (Å²) in [6, 6.07) is 0. The van der Waals surface area contributed by atoms with Gasteiger partial charge in [-0.25, -0.2) is 14.6 Å². The van der Waals surface area contributed by atoms with Crippen molar-refractivity contribution in [2.75, 3.05) is 0 Å². The molecule has 0 spiro atoms. The molecule has 2 aromatic rings. The molecule has 2 N–H and O–H groups in total. The summed E-state index contributed by atoms with van der Waals surface area (Å²) in [7, 11) is 0. The van der Waals surface area contributed by atoms with Crippen molar-refractivity contribution in [3.05, 3.63) is 34.5 Å². The van der Waals surface area contributed by atoms with Crippen LogP contribution in [-0.2, 0) is 0 Å². The minimum atomic E-state index is -0.536. The summed E-state index contributed by atoms with van der Waals surface area (Å²) in [5, 5.41) is 4.38. The second kappa shape index (κ2) is 4.14. The first-order valence-electron chi connectivity index (χ1n) is 4.84. The van der Waals surface area contributed by atoms with Gasteiger partial charge in [0.05, 0.1) is 11.8 Å². The second-order valence-electron chi connectivity index (χ2n) is 3.55. The summed E-state index contributed by atoms with van der Waals surface area (Å²) in [4.78, 5) is 19.2. The van der Waals surface area contributed by atoms with Crippen LogP contribution >= 0.6 is 11.6 Å². The molecule has 0 saturated carbocycles. The van der Waals surface area contributed by atoms with Gasteiger partial charge >= 0.3 is 0 Å². The van der Waals surface area contributed by atoms with Gasteiger partial charge in [-0.05, 0) is 13.8 Å². The Morgan fingerprint density at radius 3 is 2.71 bits per heavy atom. The summed E-state index contributed by atoms with van der Waals surface area (Å²) in [5.41, 5.74) is 6.16. The Kier molecular flexibility index (Phi) is 2.81. The Hall–Kier alpha value is -1.95. The molecule has 0 aliphatic heterocycles. The van der Waals surface area contributed by atoms with Crippen molar-refractivity contribution >= 4 is 17.5 Å². The van der Waals surface area contributed by atoms with Gasteiger partial charge < -0.3 is 5.73 Å². The zero-order chi connectivity index (χ0) is 12.6. The molecule has 0 aliphatic carbocycles. The van der Waals surface area contributed by atoms with Crippen LogP contribution in [0.4, 0.5) is 0 Å². The molecule has 0 aromatic carbocycles. The third-order valence-electron chi connectivity index (χ3n) is 2.26. The number of rotatable bonds is 2. The van der Waals surface area contributed by atoms with Crippen molar-refractivity contribution in [2.45, 2.75) is 13.8 Å². The van der Waals surface area contributed by atoms with Crippen molar-refractivity contribution in [1.82, 2.24) is 19.7 Å². The van der Waals surface area contributed by atoms with Gasteiger partial charge in [0, 0.05) is 11.8 Å². The number of nitrogens with zero attached hydrogens (tertiary/aromatic N) is 4. The molecule has 0 radical (unpaired) electrons. The molecule has 0 saturated heterocycles. The van der Waals surface area contributed by atoms with Crippen molar-refractivity contribution in [3.63, 3.8) is 0 Å². The van der Waals surface area contributed by atoms with Crippen LogP contribution in [0, 0.1) is 13.8 Å². The third-order valence-corrected chi connectivity index (χ3v) is 2.62. The molecule has 0 fully saturated rings. The summed E-state index contributed by atoms with van der Waals surface area (Å²) in [5.74, 6) is 0.535. The zero-order valence-electron chi connectivity index (χ0n) is 9.31. The van der Waals surface area contributed by atoms with Crippen LogP contribution in [0.25, 0.3) is 5.82 Å². The zero-order valence-corrected chi connectivity index (χ0v) is 10.1. The lowest BCUT2D eigenvalue weighted by atomic mass is 10.3. The Morgan fingerprint density at radius 1 is 1.41 bits per heavy atom. The van der Waals surface area contributed by atoms with E-state index in [1.807, 2.05) is 0 Å². The van der Waals surface area contributed by atoms with E-state index in [-0.39, 0.29) is 0 Å². The normalized spacial score (nSPS) is 10.5. The maximum atomic E-state index is 11.0. The van der Waals surface area contributed by atoms with Crippen molar-refractivity contribution in [3.8, 4) is 5.82 Å². The van der Waals surface area contributed by atoms with E-state index < -0.39 is 5.91 Å². The van der Waals surface area contributed by atoms with E-state index in [1.54, 1.807) is 13.8 Å². The van der Waals surface area contributed by atoms with Crippen LogP contribution < -0.4 is 5.73 Å². The van der Waals surface area contributed by atoms with E-state index in [1.165, 1.54) is 17.1 Å². The van der Waals surface area contributed by atoms with E-state index in [4.69, 9.17) is 17.3 Å². The van der Waals surface area contributed by atoms with E-state index in [0.29, 0.717) is 27.9 Å². The van der Waals surface area contributed by atoms with E-state index in [0.717, 1.165) is 0 Å². The van der Waals surface area contributed by atoms with Gasteiger partial charge in [0.1, 0.15) is 11.0 Å². The lowest BCUT2D eigenvalue weighted by molar-refractivity contribution is 0.100. The minimum absolute atomic E-state index is 0.316. The van der Waals surface area contributed by atoms with Gasteiger partial charge in [0.15, 0.2) is 5.82 Å². The number of halogens is 1. The molecule has 2 aromatic heterocycles. The molecule has 0 unspecified atom stereocenters. The highest BCUT2D eigenvalue weighted by molar-refractivity contribution is 6.30. The van der Waals surface area contributed by atoms with Crippen LogP contribution in [0.15, 0.2) is 12.4 Å². The lowest BCUT2D eigenvalue weighted by Gasteiger charge is -2.06. The molecule has 7 heteroatoms. The number of aryl methyl sites for hydroxylation is 1. The van der Waals surface area contributed by atoms with Crippen LogP contribution in [-0.4, -0.2) is 25.7 Å². The number of amides is 1. The highest BCUT2D eigenvalue weighted by Gasteiger charge is 2.12. The maximum absolute atomic E-state index is 11.0. The quantitative estimate of drug-likeness (QED) is 0.808. The fourth-order valence-electron chi connectivity index (χ4n) is 1.37. The van der Waals surface area contributed by atoms with Crippen LogP contribution in [0.5, 0.6) is 0 Å². The molecule has 17 heavy (non-hydrogen) atoms. The average Bonchev–Trinajstić information content (AvgIpc) is 2.72. The summed E-state index contributed by atoms with van der Waals surface area (Å²) < 4.78 is 1.45. The lowest BCUT2D eigenvalue weighted by Crippen LogP contribution is -2.10. The van der Waals surface area contributed by atoms with Crippen LogP contribution in [0.2, 0.25) is 5.15 Å². The largest absolute Gasteiger partial charge is 0.366 e. The molecule has 6 nitrogen and oxygen atoms in total. The molecule has 0 bridgehead atoms. The predicted octanol–water partition coefficient (Wildman–Crippen LogP) is 1.03. The monoisotopic (exact) mass is 251 g/mol. The summed E-state index contributed by atoms with van der Waals surface area (Å²) in [6.45, 7) is 3.51. The molecular weight excluding hydrogens is 242 g/mol. The first kappa shape index (κ1) is 11.5. The molecule has 88 valence electrons. The number of hydrogen-bond acceptors (Lipinski definition) is 4. The highest BCUT2D eigenvalue weighted by atomic mass is 35.5. The molecule has 1 amide bonds. The molecule has 2 rings (SSSR count). The maximum Gasteiger partial charge on any atom is 0.251 e. The van der Waals surface area contributed by atoms with Gasteiger partial charge in [0.25, 0.3) is 5.91 Å². The summed E-state index contributed by atoms with van der Waals surface area (Å²) in [6.07, 6.45) is 2.89. The fraction of sp³-hybridized carbons (Fsp3) is 0.200. The van der Waals surface area contributed by atoms with E-state index in [2.05, 4.69) is 15.1 Å². The number of aromatic nitrogens is 4. The first-order chi connectivity index (χ1) is 7.99. The smallest absolute Gasteiger partial charge is 0.251 e. The number of hydrogen-bond donors (Lipinski definition) is 1. The van der Waals surface area contributed by atoms with Crippen molar-refractivity contribution < 1.29 is 4.79 Å².